The van der Waals surface area contributed by atoms with Crippen LogP contribution in [0.2, 0.25) is 0 Å². The van der Waals surface area contributed by atoms with Gasteiger partial charge in [-0.1, -0.05) is 54.6 Å². The first kappa shape index (κ1) is 25.7. The van der Waals surface area contributed by atoms with Gasteiger partial charge in [-0.3, -0.25) is 4.98 Å². The van der Waals surface area contributed by atoms with Crippen LogP contribution in [0.4, 0.5) is 5.69 Å². The average Bonchev–Trinajstić information content (AvgIpc) is 3.80. The molecular weight excluding hydrogens is 578 g/mol. The molecule has 4 aromatic heterocycles. The van der Waals surface area contributed by atoms with Crippen LogP contribution in [-0.2, 0) is 0 Å². The van der Waals surface area contributed by atoms with Crippen molar-refractivity contribution in [3.05, 3.63) is 151 Å². The molecule has 0 amide bonds. The highest BCUT2D eigenvalue weighted by Crippen LogP contribution is 2.38. The van der Waals surface area contributed by atoms with Gasteiger partial charge in [0.1, 0.15) is 22.3 Å². The normalized spacial score (nSPS) is 11.8. The van der Waals surface area contributed by atoms with Crippen LogP contribution in [0, 0.1) is 6.57 Å². The molecule has 5 heteroatoms. The highest BCUT2D eigenvalue weighted by atomic mass is 16.3. The first-order valence-electron chi connectivity index (χ1n) is 15.5. The van der Waals surface area contributed by atoms with E-state index in [-0.39, 0.29) is 0 Å². The van der Waals surface area contributed by atoms with Gasteiger partial charge in [0.15, 0.2) is 5.69 Å². The monoisotopic (exact) mass is 601 g/mol. The van der Waals surface area contributed by atoms with Gasteiger partial charge in [0, 0.05) is 61.5 Å². The maximum Gasteiger partial charge on any atom is 0.188 e. The quantitative estimate of drug-likeness (QED) is 0.189. The molecule has 0 saturated carbocycles. The molecule has 0 bridgehead atoms. The van der Waals surface area contributed by atoms with Crippen LogP contribution in [0.3, 0.4) is 0 Å². The lowest BCUT2D eigenvalue weighted by Gasteiger charge is -2.08. The van der Waals surface area contributed by atoms with Crippen molar-refractivity contribution in [2.24, 2.45) is 0 Å². The van der Waals surface area contributed by atoms with Gasteiger partial charge in [-0.15, -0.1) is 0 Å². The summed E-state index contributed by atoms with van der Waals surface area (Å²) < 4.78 is 14.7. The summed E-state index contributed by atoms with van der Waals surface area (Å²) in [6, 6.07) is 43.8. The Hall–Kier alpha value is -6.64. The molecule has 0 atom stereocenters. The van der Waals surface area contributed by atoms with Crippen molar-refractivity contribution < 1.29 is 8.83 Å². The van der Waals surface area contributed by atoms with E-state index in [9.17, 15) is 0 Å². The van der Waals surface area contributed by atoms with Gasteiger partial charge in [-0.25, -0.2) is 4.85 Å². The number of benzene rings is 6. The minimum atomic E-state index is 0.596. The smallest absolute Gasteiger partial charge is 0.188 e. The van der Waals surface area contributed by atoms with Crippen molar-refractivity contribution in [3.8, 4) is 27.9 Å². The van der Waals surface area contributed by atoms with Crippen LogP contribution in [0.25, 0.3) is 98.5 Å². The van der Waals surface area contributed by atoms with Crippen LogP contribution < -0.4 is 0 Å². The standard InChI is InChI=1S/C42H23N3O2/c1-43-29-12-16-41-35(21-29)33-19-25(10-14-39(33)46-41)27-18-28(24-44-23-27)26-11-15-40-34(20-26)36-22-30(13-17-42(36)47-40)45-37-8-4-2-6-31(37)32-7-3-5-9-38(32)45/h2-24H. The van der Waals surface area contributed by atoms with Crippen molar-refractivity contribution in [1.82, 2.24) is 9.55 Å². The molecular formula is C42H23N3O2. The minimum absolute atomic E-state index is 0.596. The molecule has 0 radical (unpaired) electrons. The fourth-order valence-corrected chi connectivity index (χ4v) is 7.05. The number of aromatic nitrogens is 2. The summed E-state index contributed by atoms with van der Waals surface area (Å²) in [7, 11) is 0. The molecule has 0 aliphatic heterocycles. The summed E-state index contributed by atoms with van der Waals surface area (Å²) in [5.41, 5.74) is 11.5. The Morgan fingerprint density at radius 1 is 0.468 bits per heavy atom. The zero-order valence-corrected chi connectivity index (χ0v) is 24.9. The summed E-state index contributed by atoms with van der Waals surface area (Å²) in [5.74, 6) is 0. The van der Waals surface area contributed by atoms with Crippen molar-refractivity contribution in [3.63, 3.8) is 0 Å². The zero-order valence-electron chi connectivity index (χ0n) is 24.9. The Bertz CT molecular complexity index is 2880. The first-order chi connectivity index (χ1) is 23.2. The lowest BCUT2D eigenvalue weighted by Crippen LogP contribution is -1.93. The molecule has 0 aliphatic rings. The molecule has 6 aromatic carbocycles. The van der Waals surface area contributed by atoms with E-state index in [2.05, 4.69) is 118 Å². The second-order valence-corrected chi connectivity index (χ2v) is 11.9. The van der Waals surface area contributed by atoms with E-state index in [0.29, 0.717) is 5.69 Å². The van der Waals surface area contributed by atoms with Crippen LogP contribution in [-0.4, -0.2) is 9.55 Å². The third kappa shape index (κ3) is 3.86. The van der Waals surface area contributed by atoms with Gasteiger partial charge in [0.2, 0.25) is 0 Å². The van der Waals surface area contributed by atoms with Gasteiger partial charge in [-0.05, 0) is 83.9 Å². The lowest BCUT2D eigenvalue weighted by atomic mass is 9.99. The maximum atomic E-state index is 7.43. The van der Waals surface area contributed by atoms with Gasteiger partial charge < -0.3 is 13.4 Å². The highest BCUT2D eigenvalue weighted by Gasteiger charge is 2.15. The number of hydrogen-bond acceptors (Lipinski definition) is 3. The van der Waals surface area contributed by atoms with Crippen molar-refractivity contribution >= 4 is 71.4 Å². The SMILES string of the molecule is [C-]#[N+]c1ccc2oc3ccc(-c4cncc(-c5ccc6oc7ccc(-n8c9ccccc9c9ccccc98)cc7c6c5)c4)cc3c2c1. The molecule has 0 N–H and O–H groups in total. The van der Waals surface area contributed by atoms with Gasteiger partial charge in [0.05, 0.1) is 17.6 Å². The molecule has 0 spiro atoms. The van der Waals surface area contributed by atoms with Crippen molar-refractivity contribution in [2.45, 2.75) is 0 Å². The second kappa shape index (κ2) is 9.68. The first-order valence-corrected chi connectivity index (χ1v) is 15.5. The van der Waals surface area contributed by atoms with Crippen LogP contribution in [0.1, 0.15) is 0 Å². The van der Waals surface area contributed by atoms with E-state index in [0.717, 1.165) is 71.8 Å². The fourth-order valence-electron chi connectivity index (χ4n) is 7.05. The molecule has 47 heavy (non-hydrogen) atoms. The number of hydrogen-bond donors (Lipinski definition) is 0. The van der Waals surface area contributed by atoms with E-state index in [1.165, 1.54) is 21.8 Å². The molecule has 0 fully saturated rings. The molecule has 10 rings (SSSR count). The molecule has 0 saturated heterocycles. The number of fused-ring (bicyclic) bond motifs is 9. The Kier molecular flexibility index (Phi) is 5.28. The maximum absolute atomic E-state index is 7.43. The molecule has 0 unspecified atom stereocenters. The fraction of sp³-hybridized carbons (Fsp3) is 0. The third-order valence-corrected chi connectivity index (χ3v) is 9.28. The van der Waals surface area contributed by atoms with Gasteiger partial charge >= 0.3 is 0 Å². The number of rotatable bonds is 3. The number of furan rings is 2. The Morgan fingerprint density at radius 2 is 0.979 bits per heavy atom. The molecule has 218 valence electrons. The topological polar surface area (TPSA) is 48.5 Å². The summed E-state index contributed by atoms with van der Waals surface area (Å²) in [5, 5.41) is 6.54. The van der Waals surface area contributed by atoms with E-state index in [1.54, 1.807) is 6.07 Å². The van der Waals surface area contributed by atoms with Crippen LogP contribution >= 0.6 is 0 Å². The zero-order chi connectivity index (χ0) is 31.1. The second-order valence-electron chi connectivity index (χ2n) is 11.9. The largest absolute Gasteiger partial charge is 0.456 e. The van der Waals surface area contributed by atoms with Gasteiger partial charge in [-0.2, -0.15) is 0 Å². The van der Waals surface area contributed by atoms with Crippen molar-refractivity contribution in [1.29, 1.82) is 0 Å². The van der Waals surface area contributed by atoms with Crippen LogP contribution in [0.15, 0.2) is 149 Å². The van der Waals surface area contributed by atoms with Crippen LogP contribution in [0.5, 0.6) is 0 Å². The lowest BCUT2D eigenvalue weighted by molar-refractivity contribution is 0.668. The van der Waals surface area contributed by atoms with E-state index in [1.807, 2.05) is 30.6 Å². The van der Waals surface area contributed by atoms with E-state index in [4.69, 9.17) is 15.4 Å². The summed E-state index contributed by atoms with van der Waals surface area (Å²) >= 11 is 0. The molecule has 10 aromatic rings. The third-order valence-electron chi connectivity index (χ3n) is 9.28. The van der Waals surface area contributed by atoms with Crippen molar-refractivity contribution in [2.75, 3.05) is 0 Å². The molecule has 5 nitrogen and oxygen atoms in total. The highest BCUT2D eigenvalue weighted by molar-refractivity contribution is 6.11. The van der Waals surface area contributed by atoms with E-state index >= 15 is 0 Å². The average molecular weight is 602 g/mol. The van der Waals surface area contributed by atoms with Gasteiger partial charge in [0.25, 0.3) is 0 Å². The number of para-hydroxylation sites is 2. The Morgan fingerprint density at radius 3 is 1.57 bits per heavy atom. The summed E-state index contributed by atoms with van der Waals surface area (Å²) in [6.07, 6.45) is 3.80. The minimum Gasteiger partial charge on any atom is -0.456 e. The number of nitrogens with zero attached hydrogens (tertiary/aromatic N) is 3. The van der Waals surface area contributed by atoms with E-state index < -0.39 is 0 Å². The molecule has 4 heterocycles. The number of pyridine rings is 1. The summed E-state index contributed by atoms with van der Waals surface area (Å²) in [6.45, 7) is 7.43. The molecule has 0 aliphatic carbocycles. The predicted molar refractivity (Wildman–Crippen MR) is 190 cm³/mol. The summed E-state index contributed by atoms with van der Waals surface area (Å²) in [4.78, 5) is 8.24. The Balaban J connectivity index is 1.10. The predicted octanol–water partition coefficient (Wildman–Crippen LogP) is 11.9. The Labute approximate surface area is 268 Å².